The molecule has 3 heterocycles. The zero-order chi connectivity index (χ0) is 18.1. The molecule has 1 aliphatic heterocycles. The molecular formula is C18H24N4O2S2. The van der Waals surface area contributed by atoms with Gasteiger partial charge in [-0.25, -0.2) is 4.98 Å². The Morgan fingerprint density at radius 2 is 2.19 bits per heavy atom. The van der Waals surface area contributed by atoms with Crippen LogP contribution in [0.3, 0.4) is 0 Å². The summed E-state index contributed by atoms with van der Waals surface area (Å²) in [7, 11) is 0. The number of hydrogen-bond donors (Lipinski definition) is 2. The van der Waals surface area contributed by atoms with E-state index in [4.69, 9.17) is 5.73 Å². The maximum absolute atomic E-state index is 12.5. The summed E-state index contributed by atoms with van der Waals surface area (Å²) in [6, 6.07) is 0.190. The number of amides is 1. The average molecular weight is 393 g/mol. The van der Waals surface area contributed by atoms with Crippen LogP contribution >= 0.6 is 23.1 Å². The highest BCUT2D eigenvalue weighted by atomic mass is 32.2. The number of aryl methyl sites for hydroxylation is 2. The van der Waals surface area contributed by atoms with Crippen LogP contribution in [0.25, 0.3) is 10.2 Å². The Balaban J connectivity index is 1.43. The van der Waals surface area contributed by atoms with Crippen LogP contribution in [0.2, 0.25) is 0 Å². The summed E-state index contributed by atoms with van der Waals surface area (Å²) in [6.07, 6.45) is 6.43. The van der Waals surface area contributed by atoms with Crippen molar-refractivity contribution < 1.29 is 4.79 Å². The van der Waals surface area contributed by atoms with Crippen LogP contribution in [0.5, 0.6) is 0 Å². The Bertz CT molecular complexity index is 876. The molecule has 3 N–H and O–H groups in total. The van der Waals surface area contributed by atoms with Crippen molar-refractivity contribution in [2.45, 2.75) is 50.3 Å². The smallest absolute Gasteiger partial charge is 0.259 e. The number of carbonyl (C=O) groups excluding carboxylic acids is 1. The number of fused-ring (bicyclic) bond motifs is 3. The van der Waals surface area contributed by atoms with Crippen LogP contribution in [0, 0.1) is 0 Å². The molecule has 2 aliphatic rings. The van der Waals surface area contributed by atoms with Gasteiger partial charge in [0.25, 0.3) is 5.56 Å². The standard InChI is InChI=1S/C18H24N4O2S2/c19-8-11-4-3-7-22(11)15(23)10-25-9-14-20-17(24)16-12-5-1-2-6-13(12)26-18(16)21-14/h11H,1-10,19H2,(H,20,21,24). The fraction of sp³-hybridized carbons (Fsp3) is 0.611. The highest BCUT2D eigenvalue weighted by molar-refractivity contribution is 7.99. The van der Waals surface area contributed by atoms with Gasteiger partial charge in [0, 0.05) is 24.0 Å². The van der Waals surface area contributed by atoms with Crippen molar-refractivity contribution in [3.63, 3.8) is 0 Å². The number of aromatic nitrogens is 2. The molecule has 8 heteroatoms. The lowest BCUT2D eigenvalue weighted by Crippen LogP contribution is -2.40. The van der Waals surface area contributed by atoms with Crippen molar-refractivity contribution in [2.24, 2.45) is 5.73 Å². The van der Waals surface area contributed by atoms with E-state index in [1.54, 1.807) is 11.3 Å². The van der Waals surface area contributed by atoms with Crippen LogP contribution in [0.15, 0.2) is 4.79 Å². The molecule has 1 unspecified atom stereocenters. The van der Waals surface area contributed by atoms with Gasteiger partial charge in [-0.3, -0.25) is 9.59 Å². The summed E-state index contributed by atoms with van der Waals surface area (Å²) in [5.41, 5.74) is 6.92. The molecule has 4 rings (SSSR count). The maximum Gasteiger partial charge on any atom is 0.259 e. The van der Waals surface area contributed by atoms with Crippen molar-refractivity contribution in [3.05, 3.63) is 26.6 Å². The van der Waals surface area contributed by atoms with Gasteiger partial charge in [-0.05, 0) is 44.1 Å². The molecule has 0 bridgehead atoms. The first kappa shape index (κ1) is 18.0. The molecule has 1 saturated heterocycles. The number of H-pyrrole nitrogens is 1. The zero-order valence-electron chi connectivity index (χ0n) is 14.8. The van der Waals surface area contributed by atoms with E-state index in [1.165, 1.54) is 28.6 Å². The van der Waals surface area contributed by atoms with Crippen molar-refractivity contribution >= 4 is 39.2 Å². The van der Waals surface area contributed by atoms with Gasteiger partial charge in [0.1, 0.15) is 10.7 Å². The third-order valence-corrected chi connectivity index (χ3v) is 7.42. The molecular weight excluding hydrogens is 368 g/mol. The largest absolute Gasteiger partial charge is 0.338 e. The number of nitrogens with zero attached hydrogens (tertiary/aromatic N) is 2. The molecule has 0 saturated carbocycles. The lowest BCUT2D eigenvalue weighted by molar-refractivity contribution is -0.128. The highest BCUT2D eigenvalue weighted by Crippen LogP contribution is 2.33. The highest BCUT2D eigenvalue weighted by Gasteiger charge is 2.27. The van der Waals surface area contributed by atoms with Gasteiger partial charge in [-0.15, -0.1) is 23.1 Å². The number of nitrogens with two attached hydrogens (primary N) is 1. The molecule has 1 fully saturated rings. The molecule has 26 heavy (non-hydrogen) atoms. The van der Waals surface area contributed by atoms with E-state index < -0.39 is 0 Å². The Morgan fingerprint density at radius 1 is 1.35 bits per heavy atom. The van der Waals surface area contributed by atoms with Crippen LogP contribution in [-0.2, 0) is 23.4 Å². The Morgan fingerprint density at radius 3 is 3.04 bits per heavy atom. The normalized spacial score (nSPS) is 19.9. The summed E-state index contributed by atoms with van der Waals surface area (Å²) in [4.78, 5) is 36.6. The van der Waals surface area contributed by atoms with Gasteiger partial charge >= 0.3 is 0 Å². The van der Waals surface area contributed by atoms with Gasteiger partial charge in [0.05, 0.1) is 16.9 Å². The monoisotopic (exact) mass is 392 g/mol. The quantitative estimate of drug-likeness (QED) is 0.812. The van der Waals surface area contributed by atoms with Gasteiger partial charge in [-0.2, -0.15) is 0 Å². The summed E-state index contributed by atoms with van der Waals surface area (Å²) in [5, 5.41) is 0.789. The Kier molecular flexibility index (Phi) is 5.33. The average Bonchev–Trinajstić information content (AvgIpc) is 3.25. The zero-order valence-corrected chi connectivity index (χ0v) is 16.4. The third-order valence-electron chi connectivity index (χ3n) is 5.31. The second kappa shape index (κ2) is 7.70. The van der Waals surface area contributed by atoms with Crippen LogP contribution in [0.4, 0.5) is 0 Å². The fourth-order valence-corrected chi connectivity index (χ4v) is 6.06. The number of thiophene rings is 1. The van der Waals surface area contributed by atoms with Gasteiger partial charge in [0.15, 0.2) is 0 Å². The van der Waals surface area contributed by atoms with E-state index in [2.05, 4.69) is 9.97 Å². The number of carbonyl (C=O) groups is 1. The topological polar surface area (TPSA) is 92.1 Å². The Hall–Kier alpha value is -1.38. The molecule has 0 radical (unpaired) electrons. The summed E-state index contributed by atoms with van der Waals surface area (Å²) in [6.45, 7) is 1.34. The van der Waals surface area contributed by atoms with E-state index >= 15 is 0 Å². The van der Waals surface area contributed by atoms with E-state index in [0.29, 0.717) is 23.9 Å². The molecule has 2 aromatic rings. The molecule has 140 valence electrons. The van der Waals surface area contributed by atoms with Gasteiger partial charge < -0.3 is 15.6 Å². The van der Waals surface area contributed by atoms with Crippen LogP contribution in [0.1, 0.15) is 41.9 Å². The lowest BCUT2D eigenvalue weighted by Gasteiger charge is -2.23. The molecule has 1 aliphatic carbocycles. The van der Waals surface area contributed by atoms with Crippen molar-refractivity contribution in [3.8, 4) is 0 Å². The summed E-state index contributed by atoms with van der Waals surface area (Å²) in [5.74, 6) is 1.74. The van der Waals surface area contributed by atoms with E-state index in [-0.39, 0.29) is 17.5 Å². The van der Waals surface area contributed by atoms with Gasteiger partial charge in [-0.1, -0.05) is 0 Å². The predicted molar refractivity (Wildman–Crippen MR) is 107 cm³/mol. The van der Waals surface area contributed by atoms with E-state index in [0.717, 1.165) is 48.9 Å². The molecule has 6 nitrogen and oxygen atoms in total. The summed E-state index contributed by atoms with van der Waals surface area (Å²) < 4.78 is 0. The minimum atomic E-state index is -0.0286. The number of rotatable bonds is 5. The molecule has 2 aromatic heterocycles. The van der Waals surface area contributed by atoms with Gasteiger partial charge in [0.2, 0.25) is 5.91 Å². The number of thioether (sulfide) groups is 1. The number of nitrogens with one attached hydrogen (secondary N) is 1. The minimum absolute atomic E-state index is 0.0286. The van der Waals surface area contributed by atoms with Crippen molar-refractivity contribution in [1.29, 1.82) is 0 Å². The first-order valence-corrected chi connectivity index (χ1v) is 11.2. The molecule has 0 aromatic carbocycles. The molecule has 1 amide bonds. The maximum atomic E-state index is 12.5. The number of likely N-dealkylation sites (tertiary alicyclic amines) is 1. The third kappa shape index (κ3) is 3.42. The first-order chi connectivity index (χ1) is 12.7. The first-order valence-electron chi connectivity index (χ1n) is 9.28. The number of hydrogen-bond acceptors (Lipinski definition) is 6. The predicted octanol–water partition coefficient (Wildman–Crippen LogP) is 2.05. The molecule has 1 atom stereocenters. The fourth-order valence-electron chi connectivity index (χ4n) is 4.00. The number of aromatic amines is 1. The van der Waals surface area contributed by atoms with Crippen molar-refractivity contribution in [2.75, 3.05) is 18.8 Å². The Labute approximate surface area is 160 Å². The van der Waals surface area contributed by atoms with E-state index in [9.17, 15) is 9.59 Å². The molecule has 0 spiro atoms. The second-order valence-corrected chi connectivity index (χ2v) is 9.08. The summed E-state index contributed by atoms with van der Waals surface area (Å²) >= 11 is 3.17. The lowest BCUT2D eigenvalue weighted by atomic mass is 9.97. The van der Waals surface area contributed by atoms with Crippen molar-refractivity contribution in [1.82, 2.24) is 14.9 Å². The van der Waals surface area contributed by atoms with Crippen LogP contribution < -0.4 is 11.3 Å². The minimum Gasteiger partial charge on any atom is -0.338 e. The SMILES string of the molecule is NCC1CCCN1C(=O)CSCc1nc2sc3c(c2c(=O)[nH]1)CCCC3. The van der Waals surface area contributed by atoms with Crippen LogP contribution in [-0.4, -0.2) is 45.7 Å². The van der Waals surface area contributed by atoms with E-state index in [1.807, 2.05) is 4.90 Å². The second-order valence-electron chi connectivity index (χ2n) is 7.02.